The van der Waals surface area contributed by atoms with Gasteiger partial charge in [-0.2, -0.15) is 0 Å². The van der Waals surface area contributed by atoms with Gasteiger partial charge in [0.25, 0.3) is 0 Å². The fourth-order valence-corrected chi connectivity index (χ4v) is 1.35. The van der Waals surface area contributed by atoms with E-state index in [0.717, 1.165) is 11.6 Å². The Kier molecular flexibility index (Phi) is 3.93. The number of carbonyl (C=O) groups excluding carboxylic acids is 1. The molecule has 0 aromatic rings. The molecule has 1 aliphatic rings. The van der Waals surface area contributed by atoms with Gasteiger partial charge in [0.2, 0.25) is 0 Å². The van der Waals surface area contributed by atoms with Gasteiger partial charge < -0.3 is 9.84 Å². The molecule has 0 fully saturated rings. The second-order valence-electron chi connectivity index (χ2n) is 4.80. The van der Waals surface area contributed by atoms with Gasteiger partial charge in [-0.3, -0.25) is 4.90 Å². The van der Waals surface area contributed by atoms with E-state index in [-0.39, 0.29) is 0 Å². The van der Waals surface area contributed by atoms with E-state index in [1.807, 2.05) is 0 Å². The first-order chi connectivity index (χ1) is 7.78. The van der Waals surface area contributed by atoms with Gasteiger partial charge in [-0.05, 0) is 32.8 Å². The summed E-state index contributed by atoms with van der Waals surface area (Å²) < 4.78 is 5.20. The first kappa shape index (κ1) is 13.3. The molecular formula is C12H17NO4. The van der Waals surface area contributed by atoms with Crippen LogP contribution in [0.1, 0.15) is 27.2 Å². The molecule has 0 aromatic carbocycles. The van der Waals surface area contributed by atoms with E-state index < -0.39 is 17.7 Å². The number of allylic oxidation sites excluding steroid dienone is 1. The number of hydrogen-bond donors (Lipinski definition) is 1. The number of carboxylic acids is 1. The van der Waals surface area contributed by atoms with Crippen LogP contribution < -0.4 is 0 Å². The van der Waals surface area contributed by atoms with Crippen LogP contribution in [0.25, 0.3) is 0 Å². The summed E-state index contributed by atoms with van der Waals surface area (Å²) in [4.78, 5) is 23.5. The quantitative estimate of drug-likeness (QED) is 0.750. The lowest BCUT2D eigenvalue weighted by Crippen LogP contribution is -2.32. The van der Waals surface area contributed by atoms with Crippen LogP contribution in [0.4, 0.5) is 4.79 Å². The largest absolute Gasteiger partial charge is 0.478 e. The average molecular weight is 239 g/mol. The van der Waals surface area contributed by atoms with Crippen LogP contribution in [0.3, 0.4) is 0 Å². The highest BCUT2D eigenvalue weighted by atomic mass is 16.6. The van der Waals surface area contributed by atoms with Crippen molar-refractivity contribution in [3.63, 3.8) is 0 Å². The maximum Gasteiger partial charge on any atom is 0.414 e. The van der Waals surface area contributed by atoms with Gasteiger partial charge in [0.15, 0.2) is 0 Å². The number of rotatable bonds is 2. The van der Waals surface area contributed by atoms with Crippen molar-refractivity contribution in [3.05, 3.63) is 23.9 Å². The average Bonchev–Trinajstić information content (AvgIpc) is 2.60. The minimum Gasteiger partial charge on any atom is -0.478 e. The Morgan fingerprint density at radius 2 is 2.12 bits per heavy atom. The van der Waals surface area contributed by atoms with Crippen molar-refractivity contribution in [2.75, 3.05) is 6.54 Å². The summed E-state index contributed by atoms with van der Waals surface area (Å²) >= 11 is 0. The van der Waals surface area contributed by atoms with Crippen LogP contribution >= 0.6 is 0 Å². The molecular weight excluding hydrogens is 222 g/mol. The van der Waals surface area contributed by atoms with Crippen molar-refractivity contribution in [3.8, 4) is 0 Å². The number of carbonyl (C=O) groups is 2. The highest BCUT2D eigenvalue weighted by molar-refractivity contribution is 5.80. The number of nitrogens with zero attached hydrogens (tertiary/aromatic N) is 1. The number of amides is 1. The number of aliphatic carboxylic acids is 1. The minimum atomic E-state index is -0.999. The third kappa shape index (κ3) is 4.72. The third-order valence-corrected chi connectivity index (χ3v) is 2.03. The molecule has 1 rings (SSSR count). The third-order valence-electron chi connectivity index (χ3n) is 2.03. The van der Waals surface area contributed by atoms with E-state index in [1.54, 1.807) is 27.0 Å². The predicted octanol–water partition coefficient (Wildman–Crippen LogP) is 2.15. The maximum atomic E-state index is 11.7. The zero-order chi connectivity index (χ0) is 13.1. The van der Waals surface area contributed by atoms with Crippen LogP contribution in [0, 0.1) is 0 Å². The molecule has 0 bridgehead atoms. The van der Waals surface area contributed by atoms with Crippen molar-refractivity contribution in [1.82, 2.24) is 4.90 Å². The SMILES string of the molecule is CC(C)(C)OC(=O)N1C=C(C=CC(=O)O)CC1. The van der Waals surface area contributed by atoms with Gasteiger partial charge >= 0.3 is 12.1 Å². The molecule has 1 heterocycles. The van der Waals surface area contributed by atoms with E-state index in [1.165, 1.54) is 11.0 Å². The molecule has 5 nitrogen and oxygen atoms in total. The molecule has 5 heteroatoms. The monoisotopic (exact) mass is 239 g/mol. The molecule has 0 atom stereocenters. The molecule has 1 N–H and O–H groups in total. The van der Waals surface area contributed by atoms with Crippen molar-refractivity contribution in [2.45, 2.75) is 32.8 Å². The number of ether oxygens (including phenoxy) is 1. The molecule has 0 saturated heterocycles. The van der Waals surface area contributed by atoms with Crippen molar-refractivity contribution in [2.24, 2.45) is 0 Å². The molecule has 0 saturated carbocycles. The van der Waals surface area contributed by atoms with Gasteiger partial charge in [0, 0.05) is 18.8 Å². The molecule has 0 unspecified atom stereocenters. The molecule has 0 spiro atoms. The van der Waals surface area contributed by atoms with Crippen LogP contribution in [-0.2, 0) is 9.53 Å². The van der Waals surface area contributed by atoms with E-state index in [9.17, 15) is 9.59 Å². The fraction of sp³-hybridized carbons (Fsp3) is 0.500. The first-order valence-electron chi connectivity index (χ1n) is 5.39. The van der Waals surface area contributed by atoms with Gasteiger partial charge in [0.1, 0.15) is 5.60 Å². The summed E-state index contributed by atoms with van der Waals surface area (Å²) in [7, 11) is 0. The summed E-state index contributed by atoms with van der Waals surface area (Å²) in [6, 6.07) is 0. The maximum absolute atomic E-state index is 11.7. The Labute approximate surface area is 100 Å². The molecule has 0 radical (unpaired) electrons. The summed E-state index contributed by atoms with van der Waals surface area (Å²) in [5.41, 5.74) is 0.281. The van der Waals surface area contributed by atoms with Crippen LogP contribution in [0.5, 0.6) is 0 Å². The Balaban J connectivity index is 2.59. The number of carboxylic acid groups (broad SMARTS) is 1. The highest BCUT2D eigenvalue weighted by Crippen LogP contribution is 2.18. The van der Waals surface area contributed by atoms with E-state index in [2.05, 4.69) is 0 Å². The normalized spacial score (nSPS) is 16.2. The van der Waals surface area contributed by atoms with E-state index >= 15 is 0 Å². The van der Waals surface area contributed by atoms with Crippen molar-refractivity contribution in [1.29, 1.82) is 0 Å². The molecule has 1 amide bonds. The van der Waals surface area contributed by atoms with Crippen LogP contribution in [0.2, 0.25) is 0 Å². The van der Waals surface area contributed by atoms with Gasteiger partial charge in [0.05, 0.1) is 0 Å². The molecule has 94 valence electrons. The second-order valence-corrected chi connectivity index (χ2v) is 4.80. The predicted molar refractivity (Wildman–Crippen MR) is 62.4 cm³/mol. The summed E-state index contributed by atoms with van der Waals surface area (Å²) in [5, 5.41) is 8.48. The van der Waals surface area contributed by atoms with Gasteiger partial charge in [-0.25, -0.2) is 9.59 Å². The Hall–Kier alpha value is -1.78. The Morgan fingerprint density at radius 1 is 1.47 bits per heavy atom. The van der Waals surface area contributed by atoms with E-state index in [4.69, 9.17) is 9.84 Å². The summed E-state index contributed by atoms with van der Waals surface area (Å²) in [6.45, 7) is 5.93. The Bertz CT molecular complexity index is 376. The smallest absolute Gasteiger partial charge is 0.414 e. The zero-order valence-corrected chi connectivity index (χ0v) is 10.3. The zero-order valence-electron chi connectivity index (χ0n) is 10.3. The van der Waals surface area contributed by atoms with Crippen molar-refractivity contribution >= 4 is 12.1 Å². The van der Waals surface area contributed by atoms with Gasteiger partial charge in [-0.1, -0.05) is 6.08 Å². The summed E-state index contributed by atoms with van der Waals surface area (Å²) in [6.07, 6.45) is 4.41. The second kappa shape index (κ2) is 5.03. The number of hydrogen-bond acceptors (Lipinski definition) is 3. The van der Waals surface area contributed by atoms with Gasteiger partial charge in [-0.15, -0.1) is 0 Å². The standard InChI is InChI=1S/C12H17NO4/c1-12(2,3)17-11(16)13-7-6-9(8-13)4-5-10(14)15/h4-5,8H,6-7H2,1-3H3,(H,14,15). The highest BCUT2D eigenvalue weighted by Gasteiger charge is 2.23. The summed E-state index contributed by atoms with van der Waals surface area (Å²) in [5.74, 6) is -0.999. The molecule has 17 heavy (non-hydrogen) atoms. The van der Waals surface area contributed by atoms with Crippen LogP contribution in [0.15, 0.2) is 23.9 Å². The lowest BCUT2D eigenvalue weighted by atomic mass is 10.2. The molecule has 1 aliphatic heterocycles. The lowest BCUT2D eigenvalue weighted by Gasteiger charge is -2.23. The van der Waals surface area contributed by atoms with Crippen LogP contribution in [-0.4, -0.2) is 34.2 Å². The molecule has 0 aliphatic carbocycles. The van der Waals surface area contributed by atoms with E-state index in [0.29, 0.717) is 13.0 Å². The lowest BCUT2D eigenvalue weighted by molar-refractivity contribution is -0.131. The fourth-order valence-electron chi connectivity index (χ4n) is 1.35. The van der Waals surface area contributed by atoms with Crippen molar-refractivity contribution < 1.29 is 19.4 Å². The first-order valence-corrected chi connectivity index (χ1v) is 5.39. The minimum absolute atomic E-state index is 0.406. The topological polar surface area (TPSA) is 66.8 Å². The Morgan fingerprint density at radius 3 is 2.65 bits per heavy atom. The molecule has 0 aromatic heterocycles.